The maximum absolute atomic E-state index is 13.4. The first-order valence-electron chi connectivity index (χ1n) is 12.8. The van der Waals surface area contributed by atoms with E-state index in [2.05, 4.69) is 10.6 Å². The topological polar surface area (TPSA) is 106 Å². The van der Waals surface area contributed by atoms with Gasteiger partial charge in [-0.3, -0.25) is 14.4 Å². The Labute approximate surface area is 216 Å². The van der Waals surface area contributed by atoms with E-state index in [1.165, 1.54) is 12.8 Å². The number of carbonyl (C=O) groups is 3. The van der Waals surface area contributed by atoms with Gasteiger partial charge in [0.15, 0.2) is 0 Å². The third kappa shape index (κ3) is 5.88. The molecule has 2 aromatic carbocycles. The quantitative estimate of drug-likeness (QED) is 0.596. The molecular weight excluding hydrogens is 474 g/mol. The summed E-state index contributed by atoms with van der Waals surface area (Å²) in [6, 6.07) is 11.7. The molecular formula is C28H33N3O6. The molecule has 0 aromatic heterocycles. The van der Waals surface area contributed by atoms with Gasteiger partial charge >= 0.3 is 0 Å². The Kier molecular flexibility index (Phi) is 7.32. The summed E-state index contributed by atoms with van der Waals surface area (Å²) in [5.41, 5.74) is 1.36. The summed E-state index contributed by atoms with van der Waals surface area (Å²) in [5, 5.41) is 5.85. The molecule has 2 heterocycles. The molecule has 1 saturated carbocycles. The van der Waals surface area contributed by atoms with Crippen LogP contribution in [0, 0.1) is 5.92 Å². The van der Waals surface area contributed by atoms with Crippen LogP contribution in [0.15, 0.2) is 42.5 Å². The molecule has 1 saturated heterocycles. The molecule has 2 aromatic rings. The fraction of sp³-hybridized carbons (Fsp3) is 0.464. The van der Waals surface area contributed by atoms with Crippen LogP contribution in [0.25, 0.3) is 0 Å². The van der Waals surface area contributed by atoms with Crippen molar-refractivity contribution in [1.29, 1.82) is 0 Å². The van der Waals surface area contributed by atoms with Gasteiger partial charge in [0.05, 0.1) is 31.2 Å². The number of hydrogen-bond donors (Lipinski definition) is 2. The number of methoxy groups -OCH3 is 1. The van der Waals surface area contributed by atoms with Gasteiger partial charge < -0.3 is 29.7 Å². The smallest absolute Gasteiger partial charge is 0.257 e. The van der Waals surface area contributed by atoms with Gasteiger partial charge in [0.1, 0.15) is 24.2 Å². The van der Waals surface area contributed by atoms with Crippen LogP contribution in [0.1, 0.15) is 52.8 Å². The van der Waals surface area contributed by atoms with Crippen molar-refractivity contribution < 1.29 is 28.6 Å². The zero-order valence-corrected chi connectivity index (χ0v) is 21.2. The highest BCUT2D eigenvalue weighted by atomic mass is 16.5. The number of benzene rings is 2. The second-order valence-electron chi connectivity index (χ2n) is 10.0. The minimum absolute atomic E-state index is 0.0149. The van der Waals surface area contributed by atoms with Gasteiger partial charge in [-0.15, -0.1) is 0 Å². The summed E-state index contributed by atoms with van der Waals surface area (Å²) in [7, 11) is 3.34. The number of likely N-dealkylation sites (N-methyl/N-ethyl adjacent to an activating group) is 1. The van der Waals surface area contributed by atoms with E-state index >= 15 is 0 Å². The van der Waals surface area contributed by atoms with Gasteiger partial charge in [0.2, 0.25) is 5.91 Å². The van der Waals surface area contributed by atoms with Crippen molar-refractivity contribution in [3.63, 3.8) is 0 Å². The maximum Gasteiger partial charge on any atom is 0.257 e. The molecule has 196 valence electrons. The Hall–Kier alpha value is -3.59. The van der Waals surface area contributed by atoms with Crippen LogP contribution in [-0.4, -0.2) is 68.2 Å². The molecule has 5 rings (SSSR count). The van der Waals surface area contributed by atoms with Crippen LogP contribution in [0.4, 0.5) is 5.69 Å². The lowest BCUT2D eigenvalue weighted by atomic mass is 9.94. The lowest BCUT2D eigenvalue weighted by molar-refractivity contribution is -0.134. The Morgan fingerprint density at radius 1 is 1.08 bits per heavy atom. The molecule has 0 unspecified atom stereocenters. The number of nitrogens with zero attached hydrogens (tertiary/aromatic N) is 1. The minimum Gasteiger partial charge on any atom is -0.497 e. The molecule has 0 spiro atoms. The van der Waals surface area contributed by atoms with Crippen molar-refractivity contribution in [2.75, 3.05) is 32.6 Å². The van der Waals surface area contributed by atoms with Crippen LogP contribution < -0.4 is 20.1 Å². The van der Waals surface area contributed by atoms with Crippen LogP contribution in [0.5, 0.6) is 11.5 Å². The number of anilines is 1. The molecule has 1 aliphatic carbocycles. The summed E-state index contributed by atoms with van der Waals surface area (Å²) >= 11 is 0. The van der Waals surface area contributed by atoms with Crippen LogP contribution in [0.3, 0.4) is 0 Å². The summed E-state index contributed by atoms with van der Waals surface area (Å²) in [6.45, 7) is 1.02. The van der Waals surface area contributed by atoms with Gasteiger partial charge in [-0.2, -0.15) is 0 Å². The lowest BCUT2D eigenvalue weighted by Gasteiger charge is -2.42. The number of nitrogens with one attached hydrogen (secondary N) is 2. The Balaban J connectivity index is 1.24. The highest BCUT2D eigenvalue weighted by Crippen LogP contribution is 2.33. The second kappa shape index (κ2) is 10.8. The first-order valence-corrected chi connectivity index (χ1v) is 12.8. The van der Waals surface area contributed by atoms with Crippen molar-refractivity contribution in [3.05, 3.63) is 53.6 Å². The Bertz CT molecular complexity index is 1160. The van der Waals surface area contributed by atoms with Crippen molar-refractivity contribution >= 4 is 23.4 Å². The molecule has 0 radical (unpaired) electrons. The largest absolute Gasteiger partial charge is 0.497 e. The highest BCUT2D eigenvalue weighted by Gasteiger charge is 2.39. The van der Waals surface area contributed by atoms with Gasteiger partial charge in [-0.1, -0.05) is 0 Å². The molecule has 3 amide bonds. The molecule has 2 aliphatic heterocycles. The number of rotatable bonds is 7. The zero-order chi connectivity index (χ0) is 25.9. The SMILES string of the molecule is COc1ccc(C(=O)Nc2ccc3c(c2)C(=O)N(C)[C@H]2CC[C@H](CC(=O)NCC4CC4)O[C@H]2CO3)cc1. The zero-order valence-electron chi connectivity index (χ0n) is 21.2. The fourth-order valence-electron chi connectivity index (χ4n) is 4.91. The normalized spacial score (nSPS) is 23.0. The number of hydrogen-bond acceptors (Lipinski definition) is 6. The van der Waals surface area contributed by atoms with E-state index in [1.54, 1.807) is 61.5 Å². The fourth-order valence-corrected chi connectivity index (χ4v) is 4.91. The third-order valence-corrected chi connectivity index (χ3v) is 7.32. The molecule has 3 aliphatic rings. The Morgan fingerprint density at radius 2 is 1.86 bits per heavy atom. The van der Waals surface area contributed by atoms with Crippen LogP contribution in [0.2, 0.25) is 0 Å². The van der Waals surface area contributed by atoms with E-state index in [4.69, 9.17) is 14.2 Å². The summed E-state index contributed by atoms with van der Waals surface area (Å²) in [6.07, 6.45) is 3.61. The van der Waals surface area contributed by atoms with Crippen LogP contribution >= 0.6 is 0 Å². The van der Waals surface area contributed by atoms with Gasteiger partial charge in [-0.25, -0.2) is 0 Å². The van der Waals surface area contributed by atoms with E-state index in [0.29, 0.717) is 47.1 Å². The standard InChI is InChI=1S/C28H33N3O6/c1-31-23-11-10-21(14-26(32)29-15-17-3-4-17)37-25(23)16-36-24-12-7-19(13-22(24)28(31)34)30-27(33)18-5-8-20(35-2)9-6-18/h5-9,12-13,17,21,23,25H,3-4,10-11,14-16H2,1-2H3,(H,29,32)(H,30,33)/t21-,23+,25+/m1/s1. The average molecular weight is 508 g/mol. The number of ether oxygens (including phenoxy) is 3. The lowest BCUT2D eigenvalue weighted by Crippen LogP contribution is -2.54. The average Bonchev–Trinajstić information content (AvgIpc) is 3.74. The van der Waals surface area contributed by atoms with Crippen molar-refractivity contribution in [3.8, 4) is 11.5 Å². The van der Waals surface area contributed by atoms with E-state index < -0.39 is 0 Å². The number of fused-ring (bicyclic) bond motifs is 2. The highest BCUT2D eigenvalue weighted by molar-refractivity contribution is 6.05. The number of carbonyl (C=O) groups excluding carboxylic acids is 3. The van der Waals surface area contributed by atoms with Crippen molar-refractivity contribution in [2.45, 2.75) is 50.4 Å². The van der Waals surface area contributed by atoms with Crippen molar-refractivity contribution in [1.82, 2.24) is 10.2 Å². The first-order chi connectivity index (χ1) is 17.9. The van der Waals surface area contributed by atoms with E-state index in [1.807, 2.05) is 0 Å². The number of amides is 3. The second-order valence-corrected chi connectivity index (χ2v) is 10.0. The predicted molar refractivity (Wildman–Crippen MR) is 137 cm³/mol. The molecule has 37 heavy (non-hydrogen) atoms. The molecule has 3 atom stereocenters. The summed E-state index contributed by atoms with van der Waals surface area (Å²) in [5.74, 6) is 1.26. The monoisotopic (exact) mass is 507 g/mol. The molecule has 2 fully saturated rings. The molecule has 9 heteroatoms. The predicted octanol–water partition coefficient (Wildman–Crippen LogP) is 3.24. The van der Waals surface area contributed by atoms with E-state index in [-0.39, 0.29) is 42.6 Å². The van der Waals surface area contributed by atoms with Crippen LogP contribution in [-0.2, 0) is 9.53 Å². The molecule has 2 N–H and O–H groups in total. The molecule has 9 nitrogen and oxygen atoms in total. The van der Waals surface area contributed by atoms with Gasteiger partial charge in [-0.05, 0) is 74.1 Å². The summed E-state index contributed by atoms with van der Waals surface area (Å²) < 4.78 is 17.4. The summed E-state index contributed by atoms with van der Waals surface area (Å²) in [4.78, 5) is 40.1. The minimum atomic E-state index is -0.327. The van der Waals surface area contributed by atoms with Gasteiger partial charge in [0, 0.05) is 24.8 Å². The van der Waals surface area contributed by atoms with Crippen molar-refractivity contribution in [2.24, 2.45) is 5.92 Å². The van der Waals surface area contributed by atoms with Gasteiger partial charge in [0.25, 0.3) is 11.8 Å². The van der Waals surface area contributed by atoms with E-state index in [0.717, 1.165) is 13.0 Å². The van der Waals surface area contributed by atoms with E-state index in [9.17, 15) is 14.4 Å². The maximum atomic E-state index is 13.4. The Morgan fingerprint density at radius 3 is 2.59 bits per heavy atom. The third-order valence-electron chi connectivity index (χ3n) is 7.32. The molecule has 0 bridgehead atoms. The first kappa shape index (κ1) is 25.1.